The first kappa shape index (κ1) is 20.4. The Bertz CT molecular complexity index is 1190. The van der Waals surface area contributed by atoms with Crippen LogP contribution in [-0.2, 0) is 14.8 Å². The second kappa shape index (κ2) is 7.59. The Morgan fingerprint density at radius 3 is 2.32 bits per heavy atom. The van der Waals surface area contributed by atoms with Crippen molar-refractivity contribution in [3.8, 4) is 0 Å². The van der Waals surface area contributed by atoms with Crippen LogP contribution in [0.3, 0.4) is 0 Å². The van der Waals surface area contributed by atoms with Gasteiger partial charge in [-0.05, 0) is 36.4 Å². The van der Waals surface area contributed by atoms with E-state index in [0.717, 1.165) is 0 Å². The number of primary amides is 1. The van der Waals surface area contributed by atoms with E-state index < -0.39 is 28.4 Å². The minimum absolute atomic E-state index is 0.0619. The molecule has 3 rings (SSSR count). The maximum absolute atomic E-state index is 13.1. The van der Waals surface area contributed by atoms with Gasteiger partial charge in [-0.1, -0.05) is 23.2 Å². The molecule has 0 aliphatic rings. The molecule has 0 bridgehead atoms. The van der Waals surface area contributed by atoms with Gasteiger partial charge in [-0.25, -0.2) is 8.42 Å². The van der Waals surface area contributed by atoms with Gasteiger partial charge in [0.05, 0.1) is 16.1 Å². The van der Waals surface area contributed by atoms with Gasteiger partial charge < -0.3 is 10.8 Å². The number of anilines is 1. The average Bonchev–Trinajstić information content (AvgIpc) is 3.01. The van der Waals surface area contributed by atoms with Crippen LogP contribution in [0.5, 0.6) is 0 Å². The standard InChI is InChI=1S/C17H12Cl2N2O5S2/c18-9-3-10(19)5-12(4-9)28(25,26)21(7-16(22)23)11-1-2-15-13(6-11)14(8-27-15)17(20)24/h1-6,8H,7H2,(H2,20,24)(H,22,23). The number of carbonyl (C=O) groups is 2. The van der Waals surface area contributed by atoms with Crippen LogP contribution in [0.15, 0.2) is 46.7 Å². The summed E-state index contributed by atoms with van der Waals surface area (Å²) in [6, 6.07) is 8.18. The molecule has 7 nitrogen and oxygen atoms in total. The third-order valence-corrected chi connectivity index (χ3v) is 6.96. The van der Waals surface area contributed by atoms with Crippen molar-refractivity contribution in [2.75, 3.05) is 10.8 Å². The van der Waals surface area contributed by atoms with E-state index in [1.54, 1.807) is 11.4 Å². The van der Waals surface area contributed by atoms with Crippen LogP contribution >= 0.6 is 34.5 Å². The Morgan fingerprint density at radius 1 is 1.11 bits per heavy atom. The molecule has 0 unspecified atom stereocenters. The molecular weight excluding hydrogens is 447 g/mol. The van der Waals surface area contributed by atoms with Gasteiger partial charge >= 0.3 is 5.97 Å². The van der Waals surface area contributed by atoms with Crippen molar-refractivity contribution in [2.45, 2.75) is 4.90 Å². The number of thiophene rings is 1. The zero-order valence-corrected chi connectivity index (χ0v) is 17.1. The smallest absolute Gasteiger partial charge is 0.324 e. The lowest BCUT2D eigenvalue weighted by atomic mass is 10.1. The molecule has 0 fully saturated rings. The Balaban J connectivity index is 2.20. The third-order valence-electron chi connectivity index (χ3n) is 3.81. The van der Waals surface area contributed by atoms with Gasteiger partial charge in [0.25, 0.3) is 10.0 Å². The summed E-state index contributed by atoms with van der Waals surface area (Å²) >= 11 is 13.1. The number of nitrogens with two attached hydrogens (primary N) is 1. The van der Waals surface area contributed by atoms with E-state index in [2.05, 4.69) is 0 Å². The minimum atomic E-state index is -4.31. The van der Waals surface area contributed by atoms with Crippen molar-refractivity contribution in [1.82, 2.24) is 0 Å². The second-order valence-corrected chi connectivity index (χ2v) is 9.35. The van der Waals surface area contributed by atoms with Gasteiger partial charge in [-0.15, -0.1) is 11.3 Å². The summed E-state index contributed by atoms with van der Waals surface area (Å²) in [6.07, 6.45) is 0. The number of aliphatic carboxylic acids is 1. The first-order valence-corrected chi connectivity index (χ1v) is 10.7. The summed E-state index contributed by atoms with van der Waals surface area (Å²) in [4.78, 5) is 22.7. The maximum Gasteiger partial charge on any atom is 0.324 e. The molecule has 0 radical (unpaired) electrons. The maximum atomic E-state index is 13.1. The number of hydrogen-bond acceptors (Lipinski definition) is 5. The number of benzene rings is 2. The number of amides is 1. The topological polar surface area (TPSA) is 118 Å². The molecule has 0 atom stereocenters. The van der Waals surface area contributed by atoms with Crippen LogP contribution in [0.1, 0.15) is 10.4 Å². The molecule has 1 aromatic heterocycles. The van der Waals surface area contributed by atoms with Crippen molar-refractivity contribution in [2.24, 2.45) is 5.73 Å². The molecule has 0 aliphatic carbocycles. The number of carboxylic acid groups (broad SMARTS) is 1. The van der Waals surface area contributed by atoms with Crippen molar-refractivity contribution in [3.63, 3.8) is 0 Å². The van der Waals surface area contributed by atoms with Crippen LogP contribution in [-0.4, -0.2) is 31.9 Å². The normalized spacial score (nSPS) is 11.5. The quantitative estimate of drug-likeness (QED) is 0.584. The van der Waals surface area contributed by atoms with E-state index in [0.29, 0.717) is 14.4 Å². The molecule has 1 amide bonds. The fourth-order valence-electron chi connectivity index (χ4n) is 2.61. The molecule has 0 saturated heterocycles. The fourth-order valence-corrected chi connectivity index (χ4v) is 5.67. The zero-order chi connectivity index (χ0) is 20.6. The lowest BCUT2D eigenvalue weighted by molar-refractivity contribution is -0.135. The molecule has 11 heteroatoms. The lowest BCUT2D eigenvalue weighted by Gasteiger charge is -2.23. The van der Waals surface area contributed by atoms with Gasteiger partial charge in [-0.2, -0.15) is 0 Å². The fraction of sp³-hybridized carbons (Fsp3) is 0.0588. The molecule has 146 valence electrons. The first-order chi connectivity index (χ1) is 13.1. The number of hydrogen-bond donors (Lipinski definition) is 2. The highest BCUT2D eigenvalue weighted by Gasteiger charge is 2.28. The van der Waals surface area contributed by atoms with Gasteiger partial charge in [0.15, 0.2) is 0 Å². The summed E-state index contributed by atoms with van der Waals surface area (Å²) in [5, 5.41) is 11.4. The number of carboxylic acids is 1. The molecular formula is C17H12Cl2N2O5S2. The Kier molecular flexibility index (Phi) is 5.53. The minimum Gasteiger partial charge on any atom is -0.480 e. The molecule has 1 heterocycles. The Labute approximate surface area is 173 Å². The van der Waals surface area contributed by atoms with Crippen LogP contribution < -0.4 is 10.0 Å². The van der Waals surface area contributed by atoms with Crippen molar-refractivity contribution in [1.29, 1.82) is 0 Å². The SMILES string of the molecule is NC(=O)c1csc2ccc(N(CC(=O)O)S(=O)(=O)c3cc(Cl)cc(Cl)c3)cc12. The summed E-state index contributed by atoms with van der Waals surface area (Å²) in [5.74, 6) is -2.03. The summed E-state index contributed by atoms with van der Waals surface area (Å²) in [7, 11) is -4.31. The van der Waals surface area contributed by atoms with Crippen LogP contribution in [0.4, 0.5) is 5.69 Å². The number of rotatable bonds is 6. The van der Waals surface area contributed by atoms with E-state index in [1.165, 1.54) is 41.7 Å². The second-order valence-electron chi connectivity index (χ2n) is 5.70. The van der Waals surface area contributed by atoms with E-state index in [9.17, 15) is 23.1 Å². The number of carbonyl (C=O) groups excluding carboxylic acids is 1. The van der Waals surface area contributed by atoms with Crippen molar-refractivity contribution >= 4 is 72.2 Å². The first-order valence-electron chi connectivity index (χ1n) is 7.61. The molecule has 0 spiro atoms. The molecule has 3 N–H and O–H groups in total. The van der Waals surface area contributed by atoms with Gasteiger partial charge in [0.2, 0.25) is 5.91 Å². The van der Waals surface area contributed by atoms with Crippen molar-refractivity contribution < 1.29 is 23.1 Å². The van der Waals surface area contributed by atoms with Gasteiger partial charge in [0.1, 0.15) is 6.54 Å². The highest BCUT2D eigenvalue weighted by Crippen LogP contribution is 2.33. The third kappa shape index (κ3) is 3.93. The Hall–Kier alpha value is -2.33. The summed E-state index contributed by atoms with van der Waals surface area (Å²) in [5.41, 5.74) is 5.64. The van der Waals surface area contributed by atoms with E-state index in [1.807, 2.05) is 0 Å². The predicted octanol–water partition coefficient (Wildman–Crippen LogP) is 3.59. The van der Waals surface area contributed by atoms with Gasteiger partial charge in [-0.3, -0.25) is 13.9 Å². The number of sulfonamides is 1. The molecule has 0 saturated carbocycles. The highest BCUT2D eigenvalue weighted by molar-refractivity contribution is 7.92. The zero-order valence-electron chi connectivity index (χ0n) is 13.9. The van der Waals surface area contributed by atoms with Gasteiger partial charge in [0, 0.05) is 25.5 Å². The van der Waals surface area contributed by atoms with E-state index in [4.69, 9.17) is 28.9 Å². The molecule has 3 aromatic rings. The van der Waals surface area contributed by atoms with Crippen LogP contribution in [0.2, 0.25) is 10.0 Å². The Morgan fingerprint density at radius 2 is 1.75 bits per heavy atom. The van der Waals surface area contributed by atoms with Crippen LogP contribution in [0, 0.1) is 0 Å². The summed E-state index contributed by atoms with van der Waals surface area (Å²) in [6.45, 7) is -0.839. The average molecular weight is 459 g/mol. The summed E-state index contributed by atoms with van der Waals surface area (Å²) < 4.78 is 27.7. The largest absolute Gasteiger partial charge is 0.480 e. The molecule has 28 heavy (non-hydrogen) atoms. The predicted molar refractivity (Wildman–Crippen MR) is 109 cm³/mol. The lowest BCUT2D eigenvalue weighted by Crippen LogP contribution is -2.35. The van der Waals surface area contributed by atoms with Crippen molar-refractivity contribution in [3.05, 3.63) is 57.4 Å². The number of fused-ring (bicyclic) bond motifs is 1. The number of nitrogens with zero attached hydrogens (tertiary/aromatic N) is 1. The van der Waals surface area contributed by atoms with Crippen LogP contribution in [0.25, 0.3) is 10.1 Å². The number of halogens is 2. The molecule has 2 aromatic carbocycles. The monoisotopic (exact) mass is 458 g/mol. The highest BCUT2D eigenvalue weighted by atomic mass is 35.5. The van der Waals surface area contributed by atoms with E-state index >= 15 is 0 Å². The molecule has 0 aliphatic heterocycles. The van der Waals surface area contributed by atoms with E-state index in [-0.39, 0.29) is 26.2 Å².